The summed E-state index contributed by atoms with van der Waals surface area (Å²) >= 11 is 0. The molecule has 18 heavy (non-hydrogen) atoms. The highest BCUT2D eigenvalue weighted by molar-refractivity contribution is 6.01. The lowest BCUT2D eigenvalue weighted by molar-refractivity contribution is -0.134. The number of hydrogen-bond donors (Lipinski definition) is 1. The first-order valence-electron chi connectivity index (χ1n) is 4.92. The Morgan fingerprint density at radius 3 is 2.22 bits per heavy atom. The first-order chi connectivity index (χ1) is 8.52. The molecule has 0 atom stereocenters. The van der Waals surface area contributed by atoms with E-state index in [2.05, 4.69) is 11.3 Å². The molecule has 1 aromatic carbocycles. The van der Waals surface area contributed by atoms with Crippen LogP contribution in [-0.2, 0) is 14.3 Å². The average Bonchev–Trinajstić information content (AvgIpc) is 2.36. The van der Waals surface area contributed by atoms with Gasteiger partial charge in [-0.25, -0.2) is 14.4 Å². The maximum Gasteiger partial charge on any atom is 0.346 e. The van der Waals surface area contributed by atoms with E-state index in [1.807, 2.05) is 0 Å². The molecule has 0 aliphatic carbocycles. The number of benzene rings is 1. The number of carboxylic acids is 1. The van der Waals surface area contributed by atoms with Gasteiger partial charge in [-0.15, -0.1) is 0 Å². The Labute approximate surface area is 103 Å². The van der Waals surface area contributed by atoms with E-state index in [0.717, 1.165) is 5.56 Å². The first kappa shape index (κ1) is 13.4. The van der Waals surface area contributed by atoms with Crippen molar-refractivity contribution in [3.8, 4) is 0 Å². The van der Waals surface area contributed by atoms with Crippen LogP contribution >= 0.6 is 0 Å². The molecule has 0 fully saturated rings. The van der Waals surface area contributed by atoms with E-state index >= 15 is 0 Å². The second kappa shape index (κ2) is 6.15. The lowest BCUT2D eigenvalue weighted by atomic mass is 10.1. The standard InChI is InChI=1S/C13H10O5/c1-2-9-3-5-10(6-4-9)13(17)18-12(16)8-7-11(14)15/h2-8H,1H2,(H,14,15). The maximum absolute atomic E-state index is 11.4. The third-order valence-electron chi connectivity index (χ3n) is 1.94. The molecule has 0 unspecified atom stereocenters. The molecule has 92 valence electrons. The zero-order valence-corrected chi connectivity index (χ0v) is 9.33. The minimum atomic E-state index is -1.30. The summed E-state index contributed by atoms with van der Waals surface area (Å²) in [7, 11) is 0. The smallest absolute Gasteiger partial charge is 0.346 e. The van der Waals surface area contributed by atoms with E-state index in [0.29, 0.717) is 12.2 Å². The van der Waals surface area contributed by atoms with Gasteiger partial charge < -0.3 is 9.84 Å². The third kappa shape index (κ3) is 4.05. The molecule has 0 saturated carbocycles. The molecule has 5 nitrogen and oxygen atoms in total. The van der Waals surface area contributed by atoms with E-state index < -0.39 is 17.9 Å². The van der Waals surface area contributed by atoms with Gasteiger partial charge in [0.2, 0.25) is 0 Å². The number of rotatable bonds is 4. The van der Waals surface area contributed by atoms with E-state index in [9.17, 15) is 14.4 Å². The Morgan fingerprint density at radius 2 is 1.72 bits per heavy atom. The average molecular weight is 246 g/mol. The maximum atomic E-state index is 11.4. The van der Waals surface area contributed by atoms with Gasteiger partial charge in [0.15, 0.2) is 0 Å². The number of aliphatic carboxylic acids is 1. The molecule has 0 spiro atoms. The van der Waals surface area contributed by atoms with Crippen molar-refractivity contribution >= 4 is 24.0 Å². The van der Waals surface area contributed by atoms with Crippen molar-refractivity contribution < 1.29 is 24.2 Å². The molecule has 0 radical (unpaired) electrons. The van der Waals surface area contributed by atoms with Crippen LogP contribution in [0.25, 0.3) is 6.08 Å². The summed E-state index contributed by atoms with van der Waals surface area (Å²) in [5.41, 5.74) is 1.02. The number of carbonyl (C=O) groups is 3. The van der Waals surface area contributed by atoms with Crippen LogP contribution < -0.4 is 0 Å². The molecule has 5 heteroatoms. The SMILES string of the molecule is C=Cc1ccc(C(=O)OC(=O)C=CC(=O)O)cc1. The number of hydrogen-bond acceptors (Lipinski definition) is 4. The van der Waals surface area contributed by atoms with Crippen LogP contribution in [0, 0.1) is 0 Å². The minimum Gasteiger partial charge on any atom is -0.478 e. The zero-order valence-electron chi connectivity index (χ0n) is 9.33. The Hall–Kier alpha value is -2.69. The monoisotopic (exact) mass is 246 g/mol. The molecule has 0 aliphatic heterocycles. The van der Waals surface area contributed by atoms with E-state index in [1.54, 1.807) is 18.2 Å². The third-order valence-corrected chi connectivity index (χ3v) is 1.94. The summed E-state index contributed by atoms with van der Waals surface area (Å²) in [6.07, 6.45) is 2.87. The Kier molecular flexibility index (Phi) is 4.57. The Bertz CT molecular complexity index is 511. The molecular formula is C13H10O5. The molecule has 0 aliphatic rings. The van der Waals surface area contributed by atoms with Gasteiger partial charge in [-0.2, -0.15) is 0 Å². The highest BCUT2D eigenvalue weighted by Crippen LogP contribution is 2.07. The van der Waals surface area contributed by atoms with Crippen molar-refractivity contribution in [2.45, 2.75) is 0 Å². The number of esters is 2. The summed E-state index contributed by atoms with van der Waals surface area (Å²) in [5, 5.41) is 8.28. The van der Waals surface area contributed by atoms with Gasteiger partial charge >= 0.3 is 17.9 Å². The van der Waals surface area contributed by atoms with Crippen LogP contribution in [0.3, 0.4) is 0 Å². The number of carboxylic acid groups (broad SMARTS) is 1. The van der Waals surface area contributed by atoms with Crippen molar-refractivity contribution in [3.05, 3.63) is 54.1 Å². The Morgan fingerprint density at radius 1 is 1.11 bits per heavy atom. The van der Waals surface area contributed by atoms with Gasteiger partial charge in [-0.3, -0.25) is 0 Å². The molecule has 0 amide bonds. The predicted octanol–water partition coefficient (Wildman–Crippen LogP) is 1.65. The van der Waals surface area contributed by atoms with Crippen molar-refractivity contribution in [2.75, 3.05) is 0 Å². The van der Waals surface area contributed by atoms with Gasteiger partial charge in [0.05, 0.1) is 5.56 Å². The Balaban J connectivity index is 2.67. The second-order valence-electron chi connectivity index (χ2n) is 3.21. The van der Waals surface area contributed by atoms with Gasteiger partial charge in [-0.05, 0) is 17.7 Å². The van der Waals surface area contributed by atoms with Crippen molar-refractivity contribution in [2.24, 2.45) is 0 Å². The molecule has 0 bridgehead atoms. The van der Waals surface area contributed by atoms with Crippen LogP contribution in [0.2, 0.25) is 0 Å². The van der Waals surface area contributed by atoms with Crippen LogP contribution in [0.1, 0.15) is 15.9 Å². The van der Waals surface area contributed by atoms with Gasteiger partial charge in [-0.1, -0.05) is 24.8 Å². The molecule has 0 heterocycles. The molecule has 1 rings (SSSR count). The fraction of sp³-hybridized carbons (Fsp3) is 0. The lowest BCUT2D eigenvalue weighted by Gasteiger charge is -2.00. The number of carbonyl (C=O) groups excluding carboxylic acids is 2. The molecule has 0 aromatic heterocycles. The molecule has 1 aromatic rings. The fourth-order valence-corrected chi connectivity index (χ4v) is 1.08. The van der Waals surface area contributed by atoms with Crippen LogP contribution in [0.5, 0.6) is 0 Å². The van der Waals surface area contributed by atoms with Crippen LogP contribution in [-0.4, -0.2) is 23.0 Å². The molecular weight excluding hydrogens is 236 g/mol. The van der Waals surface area contributed by atoms with Crippen LogP contribution in [0.4, 0.5) is 0 Å². The van der Waals surface area contributed by atoms with Crippen molar-refractivity contribution in [1.82, 2.24) is 0 Å². The zero-order chi connectivity index (χ0) is 13.5. The lowest BCUT2D eigenvalue weighted by Crippen LogP contribution is -2.10. The summed E-state index contributed by atoms with van der Waals surface area (Å²) in [6, 6.07) is 6.24. The van der Waals surface area contributed by atoms with Crippen LogP contribution in [0.15, 0.2) is 43.0 Å². The number of ether oxygens (including phenoxy) is 1. The van der Waals surface area contributed by atoms with Crippen molar-refractivity contribution in [3.63, 3.8) is 0 Å². The quantitative estimate of drug-likeness (QED) is 0.496. The highest BCUT2D eigenvalue weighted by Gasteiger charge is 2.10. The summed E-state index contributed by atoms with van der Waals surface area (Å²) in [6.45, 7) is 3.56. The first-order valence-corrected chi connectivity index (χ1v) is 4.92. The molecule has 1 N–H and O–H groups in total. The second-order valence-corrected chi connectivity index (χ2v) is 3.21. The van der Waals surface area contributed by atoms with E-state index in [4.69, 9.17) is 5.11 Å². The van der Waals surface area contributed by atoms with Gasteiger partial charge in [0, 0.05) is 12.2 Å². The van der Waals surface area contributed by atoms with E-state index in [-0.39, 0.29) is 5.56 Å². The van der Waals surface area contributed by atoms with Gasteiger partial charge in [0.1, 0.15) is 0 Å². The molecule has 0 saturated heterocycles. The predicted molar refractivity (Wildman–Crippen MR) is 63.7 cm³/mol. The minimum absolute atomic E-state index is 0.192. The summed E-state index contributed by atoms with van der Waals surface area (Å²) < 4.78 is 4.41. The highest BCUT2D eigenvalue weighted by atomic mass is 16.6. The summed E-state index contributed by atoms with van der Waals surface area (Å²) in [5.74, 6) is -3.17. The summed E-state index contributed by atoms with van der Waals surface area (Å²) in [4.78, 5) is 32.6. The van der Waals surface area contributed by atoms with Crippen molar-refractivity contribution in [1.29, 1.82) is 0 Å². The van der Waals surface area contributed by atoms with Gasteiger partial charge in [0.25, 0.3) is 0 Å². The largest absolute Gasteiger partial charge is 0.478 e. The fourth-order valence-electron chi connectivity index (χ4n) is 1.08. The van der Waals surface area contributed by atoms with E-state index in [1.165, 1.54) is 12.1 Å². The normalized spacial score (nSPS) is 10.0. The topological polar surface area (TPSA) is 80.7 Å².